The molecule has 0 N–H and O–H groups in total. The van der Waals surface area contributed by atoms with Crippen LogP contribution in [0.3, 0.4) is 0 Å². The first-order valence-electron chi connectivity index (χ1n) is 11.9. The number of fused-ring (bicyclic) bond motifs is 1. The number of piperidine rings is 1. The summed E-state index contributed by atoms with van der Waals surface area (Å²) in [5.41, 5.74) is 5.34. The molecule has 3 heterocycles. The summed E-state index contributed by atoms with van der Waals surface area (Å²) in [5, 5.41) is 4.81. The lowest BCUT2D eigenvalue weighted by Gasteiger charge is -2.40. The number of nitrogens with zero attached hydrogens (tertiary/aromatic N) is 4. The van der Waals surface area contributed by atoms with Gasteiger partial charge < -0.3 is 4.90 Å². The molecule has 1 aromatic heterocycles. The number of para-hydroxylation sites is 1. The van der Waals surface area contributed by atoms with Gasteiger partial charge in [-0.15, -0.1) is 0 Å². The topological polar surface area (TPSA) is 41.4 Å². The second-order valence-electron chi connectivity index (χ2n) is 9.58. The third kappa shape index (κ3) is 3.36. The monoisotopic (exact) mass is 426 g/mol. The number of hydrogen-bond donors (Lipinski definition) is 0. The number of rotatable bonds is 5. The number of amides is 1. The van der Waals surface area contributed by atoms with E-state index in [2.05, 4.69) is 47.1 Å². The Bertz CT molecular complexity index is 1110. The van der Waals surface area contributed by atoms with Crippen LogP contribution in [-0.4, -0.2) is 44.6 Å². The van der Waals surface area contributed by atoms with E-state index in [4.69, 9.17) is 5.10 Å². The van der Waals surface area contributed by atoms with Crippen LogP contribution in [0.2, 0.25) is 0 Å². The van der Waals surface area contributed by atoms with Gasteiger partial charge in [0.15, 0.2) is 0 Å². The number of carbonyl (C=O) groups excluding carboxylic acids is 1. The lowest BCUT2D eigenvalue weighted by atomic mass is 9.98. The van der Waals surface area contributed by atoms with Crippen molar-refractivity contribution in [3.8, 4) is 5.69 Å². The first kappa shape index (κ1) is 19.7. The maximum atomic E-state index is 13.9. The van der Waals surface area contributed by atoms with E-state index in [0.717, 1.165) is 49.6 Å². The van der Waals surface area contributed by atoms with Gasteiger partial charge in [0.25, 0.3) is 5.91 Å². The van der Waals surface area contributed by atoms with E-state index in [1.165, 1.54) is 24.0 Å². The molecule has 1 saturated carbocycles. The van der Waals surface area contributed by atoms with Crippen LogP contribution >= 0.6 is 0 Å². The van der Waals surface area contributed by atoms with Gasteiger partial charge in [-0.1, -0.05) is 48.5 Å². The van der Waals surface area contributed by atoms with Gasteiger partial charge in [0.05, 0.1) is 17.4 Å². The van der Waals surface area contributed by atoms with Gasteiger partial charge in [-0.25, -0.2) is 4.68 Å². The number of carbonyl (C=O) groups is 1. The van der Waals surface area contributed by atoms with Crippen molar-refractivity contribution >= 4 is 5.91 Å². The number of aromatic nitrogens is 2. The third-order valence-corrected chi connectivity index (χ3v) is 7.41. The second-order valence-corrected chi connectivity index (χ2v) is 9.58. The van der Waals surface area contributed by atoms with E-state index in [1.54, 1.807) is 0 Å². The normalized spacial score (nSPS) is 21.8. The molecule has 3 aliphatic rings. The predicted molar refractivity (Wildman–Crippen MR) is 125 cm³/mol. The zero-order valence-electron chi connectivity index (χ0n) is 18.7. The van der Waals surface area contributed by atoms with E-state index in [0.29, 0.717) is 12.0 Å². The zero-order chi connectivity index (χ0) is 21.7. The van der Waals surface area contributed by atoms with Crippen molar-refractivity contribution in [3.63, 3.8) is 0 Å². The Morgan fingerprint density at radius 3 is 2.22 bits per heavy atom. The molecule has 1 saturated heterocycles. The van der Waals surface area contributed by atoms with Crippen LogP contribution in [0.15, 0.2) is 60.7 Å². The Hall–Kier alpha value is -2.92. The van der Waals surface area contributed by atoms with Crippen molar-refractivity contribution < 1.29 is 4.79 Å². The fourth-order valence-electron chi connectivity index (χ4n) is 5.71. The fraction of sp³-hybridized carbons (Fsp3) is 0.407. The van der Waals surface area contributed by atoms with E-state index < -0.39 is 0 Å². The first-order valence-corrected chi connectivity index (χ1v) is 11.9. The minimum atomic E-state index is 0.183. The Kier molecular flexibility index (Phi) is 4.87. The molecule has 1 unspecified atom stereocenters. The molecule has 32 heavy (non-hydrogen) atoms. The van der Waals surface area contributed by atoms with Crippen LogP contribution in [0.25, 0.3) is 5.69 Å². The Morgan fingerprint density at radius 1 is 0.906 bits per heavy atom. The van der Waals surface area contributed by atoms with E-state index in [1.807, 2.05) is 35.0 Å². The van der Waals surface area contributed by atoms with Crippen LogP contribution in [0, 0.1) is 12.8 Å². The van der Waals surface area contributed by atoms with Crippen molar-refractivity contribution in [1.29, 1.82) is 0 Å². The van der Waals surface area contributed by atoms with Crippen molar-refractivity contribution in [1.82, 2.24) is 19.6 Å². The van der Waals surface area contributed by atoms with E-state index in [-0.39, 0.29) is 11.9 Å². The molecule has 0 radical (unpaired) electrons. The maximum absolute atomic E-state index is 13.9. The maximum Gasteiger partial charge on any atom is 0.273 e. The molecule has 1 amide bonds. The Labute approximate surface area is 189 Å². The highest BCUT2D eigenvalue weighted by atomic mass is 16.2. The third-order valence-electron chi connectivity index (χ3n) is 7.41. The van der Waals surface area contributed by atoms with Crippen molar-refractivity contribution in [2.24, 2.45) is 5.92 Å². The van der Waals surface area contributed by atoms with Gasteiger partial charge in [-0.3, -0.25) is 9.69 Å². The summed E-state index contributed by atoms with van der Waals surface area (Å²) in [7, 11) is 0. The molecule has 5 heteroatoms. The van der Waals surface area contributed by atoms with Gasteiger partial charge in [0.2, 0.25) is 0 Å². The highest BCUT2D eigenvalue weighted by Gasteiger charge is 2.51. The summed E-state index contributed by atoms with van der Waals surface area (Å²) in [6.07, 6.45) is 4.53. The molecular formula is C27H30N4O. The molecule has 0 spiro atoms. The number of aryl methyl sites for hydroxylation is 1. The second kappa shape index (κ2) is 7.89. The van der Waals surface area contributed by atoms with Crippen molar-refractivity contribution in [2.45, 2.75) is 51.2 Å². The van der Waals surface area contributed by atoms with E-state index >= 15 is 0 Å². The number of benzene rings is 2. The molecule has 3 aromatic rings. The van der Waals surface area contributed by atoms with Crippen molar-refractivity contribution in [3.05, 3.63) is 83.2 Å². The van der Waals surface area contributed by atoms with Crippen LogP contribution in [0.4, 0.5) is 0 Å². The standard InChI is InChI=1S/C27H30N4O/c1-19-24-25(21-12-13-21)30(27(32)26(24)31(28-19)23-10-6-3-7-11-23)22-14-16-29(17-15-22)18-20-8-4-2-5-9-20/h2-11,21-22,25H,12-18H2,1H3. The van der Waals surface area contributed by atoms with Crippen molar-refractivity contribution in [2.75, 3.05) is 13.1 Å². The summed E-state index contributed by atoms with van der Waals surface area (Å²) in [5.74, 6) is 0.775. The lowest BCUT2D eigenvalue weighted by Crippen LogP contribution is -2.46. The van der Waals surface area contributed by atoms with Crippen LogP contribution in [-0.2, 0) is 6.54 Å². The fourth-order valence-corrected chi connectivity index (χ4v) is 5.71. The predicted octanol–water partition coefficient (Wildman–Crippen LogP) is 4.75. The van der Waals surface area contributed by atoms with Gasteiger partial charge >= 0.3 is 0 Å². The number of likely N-dealkylation sites (tertiary alicyclic amines) is 1. The first-order chi connectivity index (χ1) is 15.7. The summed E-state index contributed by atoms with van der Waals surface area (Å²) in [6, 6.07) is 21.3. The smallest absolute Gasteiger partial charge is 0.273 e. The molecule has 1 aliphatic carbocycles. The average Bonchev–Trinajstić information content (AvgIpc) is 3.55. The van der Waals surface area contributed by atoms with Crippen LogP contribution in [0.5, 0.6) is 0 Å². The molecule has 2 aromatic carbocycles. The molecule has 5 nitrogen and oxygen atoms in total. The minimum absolute atomic E-state index is 0.183. The van der Waals surface area contributed by atoms with Gasteiger partial charge in [-0.2, -0.15) is 5.10 Å². The SMILES string of the molecule is Cc1nn(-c2ccccc2)c2c1C(C1CC1)N(C1CCN(Cc3ccccc3)CC1)C2=O. The molecule has 2 aliphatic heterocycles. The summed E-state index contributed by atoms with van der Waals surface area (Å²) < 4.78 is 1.90. The van der Waals surface area contributed by atoms with Crippen LogP contribution in [0.1, 0.15) is 59.0 Å². The zero-order valence-corrected chi connectivity index (χ0v) is 18.7. The Morgan fingerprint density at radius 2 is 1.56 bits per heavy atom. The molecule has 1 atom stereocenters. The minimum Gasteiger partial charge on any atom is -0.327 e. The highest BCUT2D eigenvalue weighted by Crippen LogP contribution is 2.52. The molecule has 164 valence electrons. The van der Waals surface area contributed by atoms with Crippen LogP contribution < -0.4 is 0 Å². The quantitative estimate of drug-likeness (QED) is 0.591. The van der Waals surface area contributed by atoms with Gasteiger partial charge in [0.1, 0.15) is 5.69 Å². The highest BCUT2D eigenvalue weighted by molar-refractivity contribution is 5.99. The number of hydrogen-bond acceptors (Lipinski definition) is 3. The summed E-state index contributed by atoms with van der Waals surface area (Å²) in [6.45, 7) is 5.16. The molecule has 0 bridgehead atoms. The average molecular weight is 427 g/mol. The molecule has 6 rings (SSSR count). The van der Waals surface area contributed by atoms with Gasteiger partial charge in [-0.05, 0) is 56.2 Å². The summed E-state index contributed by atoms with van der Waals surface area (Å²) >= 11 is 0. The molecule has 2 fully saturated rings. The van der Waals surface area contributed by atoms with Gasteiger partial charge in [0, 0.05) is 31.2 Å². The Balaban J connectivity index is 1.26. The molecular weight excluding hydrogens is 396 g/mol. The van der Waals surface area contributed by atoms with E-state index in [9.17, 15) is 4.79 Å². The largest absolute Gasteiger partial charge is 0.327 e. The lowest BCUT2D eigenvalue weighted by molar-refractivity contribution is 0.0448. The summed E-state index contributed by atoms with van der Waals surface area (Å²) in [4.78, 5) is 18.7.